The fourth-order valence-corrected chi connectivity index (χ4v) is 3.32. The molecule has 7 heteroatoms. The van der Waals surface area contributed by atoms with Crippen molar-refractivity contribution in [3.63, 3.8) is 0 Å². The first-order valence-corrected chi connectivity index (χ1v) is 10.2. The molecule has 0 unspecified atom stereocenters. The predicted octanol–water partition coefficient (Wildman–Crippen LogP) is 1.64. The van der Waals surface area contributed by atoms with Gasteiger partial charge in [-0.25, -0.2) is 0 Å². The number of ether oxygens (including phenoxy) is 2. The average molecular weight is 412 g/mol. The van der Waals surface area contributed by atoms with Gasteiger partial charge in [0, 0.05) is 39.8 Å². The Morgan fingerprint density at radius 3 is 2.27 bits per heavy atom. The van der Waals surface area contributed by atoms with E-state index in [2.05, 4.69) is 22.3 Å². The van der Waals surface area contributed by atoms with Crippen molar-refractivity contribution in [2.45, 2.75) is 0 Å². The maximum atomic E-state index is 12.5. The largest absolute Gasteiger partial charge is 0.484 e. The summed E-state index contributed by atoms with van der Waals surface area (Å²) in [7, 11) is 1.60. The highest BCUT2D eigenvalue weighted by Gasteiger charge is 2.22. The molecule has 1 saturated heterocycles. The molecular weight excluding hydrogens is 382 g/mol. The number of hydrogen-bond acceptors (Lipinski definition) is 5. The van der Waals surface area contributed by atoms with Gasteiger partial charge in [-0.15, -0.1) is 0 Å². The second-order valence-corrected chi connectivity index (χ2v) is 7.18. The summed E-state index contributed by atoms with van der Waals surface area (Å²) in [6.07, 6.45) is 0. The molecule has 1 aliphatic rings. The van der Waals surface area contributed by atoms with E-state index < -0.39 is 0 Å². The van der Waals surface area contributed by atoms with Crippen LogP contribution < -0.4 is 10.1 Å². The van der Waals surface area contributed by atoms with E-state index in [0.29, 0.717) is 51.6 Å². The molecule has 0 saturated carbocycles. The van der Waals surface area contributed by atoms with Crippen LogP contribution in [0, 0.1) is 0 Å². The van der Waals surface area contributed by atoms with Crippen LogP contribution in [-0.2, 0) is 14.3 Å². The van der Waals surface area contributed by atoms with Crippen molar-refractivity contribution in [3.05, 3.63) is 54.6 Å². The molecule has 1 heterocycles. The van der Waals surface area contributed by atoms with Crippen LogP contribution in [0.25, 0.3) is 11.1 Å². The van der Waals surface area contributed by atoms with E-state index in [1.54, 1.807) is 12.0 Å². The molecule has 0 spiro atoms. The lowest BCUT2D eigenvalue weighted by Gasteiger charge is -2.34. The maximum absolute atomic E-state index is 12.5. The van der Waals surface area contributed by atoms with E-state index in [0.717, 1.165) is 11.1 Å². The van der Waals surface area contributed by atoms with Gasteiger partial charge in [-0.2, -0.15) is 0 Å². The Morgan fingerprint density at radius 1 is 0.933 bits per heavy atom. The van der Waals surface area contributed by atoms with Gasteiger partial charge in [-0.3, -0.25) is 14.5 Å². The number of amides is 2. The summed E-state index contributed by atoms with van der Waals surface area (Å²) in [5, 5.41) is 2.81. The number of nitrogens with one attached hydrogen (secondary N) is 1. The van der Waals surface area contributed by atoms with Crippen molar-refractivity contribution in [2.75, 3.05) is 59.6 Å². The van der Waals surface area contributed by atoms with Gasteiger partial charge in [0.25, 0.3) is 5.91 Å². The van der Waals surface area contributed by atoms with Gasteiger partial charge < -0.3 is 19.7 Å². The second kappa shape index (κ2) is 11.3. The zero-order chi connectivity index (χ0) is 21.2. The molecule has 1 fully saturated rings. The number of methoxy groups -OCH3 is 1. The lowest BCUT2D eigenvalue weighted by atomic mass is 10.1. The summed E-state index contributed by atoms with van der Waals surface area (Å²) in [5.41, 5.74) is 2.25. The Bertz CT molecular complexity index is 803. The molecule has 0 aliphatic carbocycles. The molecule has 3 rings (SSSR count). The highest BCUT2D eigenvalue weighted by molar-refractivity contribution is 5.79. The first-order chi connectivity index (χ1) is 14.7. The monoisotopic (exact) mass is 411 g/mol. The molecule has 7 nitrogen and oxygen atoms in total. The molecule has 1 aliphatic heterocycles. The first kappa shape index (κ1) is 21.8. The normalized spacial score (nSPS) is 14.4. The number of rotatable bonds is 9. The third-order valence-electron chi connectivity index (χ3n) is 5.04. The van der Waals surface area contributed by atoms with Gasteiger partial charge in [0.05, 0.1) is 13.2 Å². The minimum Gasteiger partial charge on any atom is -0.484 e. The Labute approximate surface area is 177 Å². The van der Waals surface area contributed by atoms with Crippen LogP contribution in [0.15, 0.2) is 54.6 Å². The van der Waals surface area contributed by atoms with E-state index in [1.807, 2.05) is 42.5 Å². The molecule has 2 aromatic rings. The Balaban J connectivity index is 1.38. The quantitative estimate of drug-likeness (QED) is 0.636. The van der Waals surface area contributed by atoms with Crippen molar-refractivity contribution in [3.8, 4) is 16.9 Å². The van der Waals surface area contributed by atoms with Gasteiger partial charge >= 0.3 is 0 Å². The highest BCUT2D eigenvalue weighted by Crippen LogP contribution is 2.22. The summed E-state index contributed by atoms with van der Waals surface area (Å²) in [5.74, 6) is 0.620. The Kier molecular flexibility index (Phi) is 8.23. The smallest absolute Gasteiger partial charge is 0.260 e. The lowest BCUT2D eigenvalue weighted by molar-refractivity contribution is -0.135. The van der Waals surface area contributed by atoms with Crippen LogP contribution in [0.4, 0.5) is 0 Å². The molecule has 1 N–H and O–H groups in total. The summed E-state index contributed by atoms with van der Waals surface area (Å²) in [6, 6.07) is 17.9. The number of nitrogens with zero attached hydrogens (tertiary/aromatic N) is 2. The van der Waals surface area contributed by atoms with Crippen molar-refractivity contribution >= 4 is 11.8 Å². The van der Waals surface area contributed by atoms with Crippen LogP contribution in [0.2, 0.25) is 0 Å². The molecule has 2 aromatic carbocycles. The van der Waals surface area contributed by atoms with Crippen LogP contribution in [0.1, 0.15) is 0 Å². The fraction of sp³-hybridized carbons (Fsp3) is 0.391. The SMILES string of the molecule is COCCNC(=O)CN1CCN(C(=O)COc2ccc(-c3ccccc3)cc2)CC1. The molecule has 0 radical (unpaired) electrons. The number of benzene rings is 2. The van der Waals surface area contributed by atoms with E-state index in [-0.39, 0.29) is 18.4 Å². The number of piperazine rings is 1. The summed E-state index contributed by atoms with van der Waals surface area (Å²) in [6.45, 7) is 3.92. The second-order valence-electron chi connectivity index (χ2n) is 7.18. The molecular formula is C23H29N3O4. The van der Waals surface area contributed by atoms with Crippen LogP contribution in [0.5, 0.6) is 5.75 Å². The minimum atomic E-state index is -0.0358. The van der Waals surface area contributed by atoms with E-state index in [1.165, 1.54) is 0 Å². The number of carbonyl (C=O) groups is 2. The van der Waals surface area contributed by atoms with Crippen molar-refractivity contribution < 1.29 is 19.1 Å². The van der Waals surface area contributed by atoms with Gasteiger partial charge in [0.1, 0.15) is 5.75 Å². The highest BCUT2D eigenvalue weighted by atomic mass is 16.5. The maximum Gasteiger partial charge on any atom is 0.260 e. The van der Waals surface area contributed by atoms with Gasteiger partial charge in [0.2, 0.25) is 5.91 Å². The van der Waals surface area contributed by atoms with Gasteiger partial charge in [-0.05, 0) is 23.3 Å². The first-order valence-electron chi connectivity index (χ1n) is 10.2. The average Bonchev–Trinajstić information content (AvgIpc) is 2.79. The van der Waals surface area contributed by atoms with Crippen molar-refractivity contribution in [1.82, 2.24) is 15.1 Å². The Hall–Kier alpha value is -2.90. The summed E-state index contributed by atoms with van der Waals surface area (Å²) < 4.78 is 10.6. The van der Waals surface area contributed by atoms with E-state index in [4.69, 9.17) is 9.47 Å². The Morgan fingerprint density at radius 2 is 1.60 bits per heavy atom. The van der Waals surface area contributed by atoms with E-state index in [9.17, 15) is 9.59 Å². The fourth-order valence-electron chi connectivity index (χ4n) is 3.32. The number of carbonyl (C=O) groups excluding carboxylic acids is 2. The van der Waals surface area contributed by atoms with Crippen molar-refractivity contribution in [1.29, 1.82) is 0 Å². The molecule has 160 valence electrons. The molecule has 30 heavy (non-hydrogen) atoms. The van der Waals surface area contributed by atoms with Crippen molar-refractivity contribution in [2.24, 2.45) is 0 Å². The third-order valence-corrected chi connectivity index (χ3v) is 5.04. The minimum absolute atomic E-state index is 0.0161. The molecule has 0 bridgehead atoms. The summed E-state index contributed by atoms with van der Waals surface area (Å²) >= 11 is 0. The zero-order valence-corrected chi connectivity index (χ0v) is 17.4. The topological polar surface area (TPSA) is 71.1 Å². The molecule has 0 aromatic heterocycles. The number of hydrogen-bond donors (Lipinski definition) is 1. The van der Waals surface area contributed by atoms with Gasteiger partial charge in [0.15, 0.2) is 6.61 Å². The van der Waals surface area contributed by atoms with Crippen LogP contribution in [0.3, 0.4) is 0 Å². The lowest BCUT2D eigenvalue weighted by Crippen LogP contribution is -2.52. The molecule has 2 amide bonds. The summed E-state index contributed by atoms with van der Waals surface area (Å²) in [4.78, 5) is 28.2. The zero-order valence-electron chi connectivity index (χ0n) is 17.4. The predicted molar refractivity (Wildman–Crippen MR) is 115 cm³/mol. The van der Waals surface area contributed by atoms with Crippen LogP contribution in [-0.4, -0.2) is 81.2 Å². The van der Waals surface area contributed by atoms with Crippen LogP contribution >= 0.6 is 0 Å². The molecule has 0 atom stereocenters. The standard InChI is InChI=1S/C23H29N3O4/c1-29-16-11-24-22(27)17-25-12-14-26(15-13-25)23(28)18-30-21-9-7-20(8-10-21)19-5-3-2-4-6-19/h2-10H,11-18H2,1H3,(H,24,27). The van der Waals surface area contributed by atoms with Gasteiger partial charge in [-0.1, -0.05) is 42.5 Å². The van der Waals surface area contributed by atoms with E-state index >= 15 is 0 Å². The third kappa shape index (κ3) is 6.57.